The van der Waals surface area contributed by atoms with E-state index in [1.807, 2.05) is 0 Å². The molecule has 1 saturated carbocycles. The molecule has 0 bridgehead atoms. The van der Waals surface area contributed by atoms with Gasteiger partial charge in [-0.1, -0.05) is 6.92 Å². The Bertz CT molecular complexity index is 169. The van der Waals surface area contributed by atoms with Crippen LogP contribution in [0.25, 0.3) is 0 Å². The lowest BCUT2D eigenvalue weighted by Crippen LogP contribution is -2.49. The largest absolute Gasteiger partial charge is 0.383 e. The van der Waals surface area contributed by atoms with Crippen molar-refractivity contribution in [1.82, 2.24) is 4.90 Å². The molecule has 2 N–H and O–H groups in total. The van der Waals surface area contributed by atoms with Crippen molar-refractivity contribution < 1.29 is 4.74 Å². The van der Waals surface area contributed by atoms with E-state index < -0.39 is 0 Å². The summed E-state index contributed by atoms with van der Waals surface area (Å²) in [5, 5.41) is 0. The molecule has 84 valence electrons. The first-order valence-corrected chi connectivity index (χ1v) is 5.66. The van der Waals surface area contributed by atoms with Gasteiger partial charge in [0.05, 0.1) is 6.61 Å². The minimum Gasteiger partial charge on any atom is -0.383 e. The number of nitrogens with zero attached hydrogens (tertiary/aromatic N) is 1. The lowest BCUT2D eigenvalue weighted by atomic mass is 10.1. The van der Waals surface area contributed by atoms with Crippen molar-refractivity contribution in [1.29, 1.82) is 0 Å². The standard InChI is InChI=1S/C11H24N2O/c1-4-10(2)13(7-8-14-3)11(9-12)5-6-11/h10H,4-9,12H2,1-3H3. The molecule has 1 aliphatic rings. The van der Waals surface area contributed by atoms with Gasteiger partial charge >= 0.3 is 0 Å². The lowest BCUT2D eigenvalue weighted by molar-refractivity contribution is 0.0797. The van der Waals surface area contributed by atoms with Crippen LogP contribution < -0.4 is 5.73 Å². The van der Waals surface area contributed by atoms with Crippen LogP contribution in [0.2, 0.25) is 0 Å². The molecule has 1 aliphatic carbocycles. The number of methoxy groups -OCH3 is 1. The quantitative estimate of drug-likeness (QED) is 0.671. The van der Waals surface area contributed by atoms with Gasteiger partial charge in [0.15, 0.2) is 0 Å². The first-order chi connectivity index (χ1) is 6.70. The van der Waals surface area contributed by atoms with Gasteiger partial charge < -0.3 is 10.5 Å². The van der Waals surface area contributed by atoms with Crippen LogP contribution in [-0.4, -0.2) is 43.3 Å². The van der Waals surface area contributed by atoms with Crippen LogP contribution in [-0.2, 0) is 4.74 Å². The Morgan fingerprint density at radius 1 is 1.50 bits per heavy atom. The van der Waals surface area contributed by atoms with E-state index in [9.17, 15) is 0 Å². The molecule has 1 rings (SSSR count). The van der Waals surface area contributed by atoms with Crippen molar-refractivity contribution in [2.75, 3.05) is 26.8 Å². The lowest BCUT2D eigenvalue weighted by Gasteiger charge is -2.35. The van der Waals surface area contributed by atoms with Gasteiger partial charge in [0.2, 0.25) is 0 Å². The molecule has 0 saturated heterocycles. The summed E-state index contributed by atoms with van der Waals surface area (Å²) < 4.78 is 5.15. The fraction of sp³-hybridized carbons (Fsp3) is 1.00. The minimum absolute atomic E-state index is 0.313. The van der Waals surface area contributed by atoms with Gasteiger partial charge in [0.1, 0.15) is 0 Å². The van der Waals surface area contributed by atoms with Crippen molar-refractivity contribution in [3.63, 3.8) is 0 Å². The Kier molecular flexibility index (Phi) is 4.35. The van der Waals surface area contributed by atoms with Crippen molar-refractivity contribution in [3.05, 3.63) is 0 Å². The highest BCUT2D eigenvalue weighted by molar-refractivity contribution is 5.05. The highest BCUT2D eigenvalue weighted by atomic mass is 16.5. The molecule has 1 unspecified atom stereocenters. The van der Waals surface area contributed by atoms with Crippen LogP contribution in [0.4, 0.5) is 0 Å². The molecule has 3 heteroatoms. The van der Waals surface area contributed by atoms with Gasteiger partial charge in [-0.2, -0.15) is 0 Å². The maximum absolute atomic E-state index is 5.85. The molecule has 0 spiro atoms. The van der Waals surface area contributed by atoms with Crippen molar-refractivity contribution in [2.45, 2.75) is 44.7 Å². The van der Waals surface area contributed by atoms with Crippen LogP contribution in [0.15, 0.2) is 0 Å². The van der Waals surface area contributed by atoms with Crippen LogP contribution in [0, 0.1) is 0 Å². The molecule has 14 heavy (non-hydrogen) atoms. The molecule has 0 aromatic heterocycles. The van der Waals surface area contributed by atoms with E-state index in [0.717, 1.165) is 19.7 Å². The predicted molar refractivity (Wildman–Crippen MR) is 59.4 cm³/mol. The minimum atomic E-state index is 0.313. The van der Waals surface area contributed by atoms with E-state index >= 15 is 0 Å². The monoisotopic (exact) mass is 200 g/mol. The first-order valence-electron chi connectivity index (χ1n) is 5.66. The Labute approximate surface area is 87.6 Å². The average Bonchev–Trinajstić information content (AvgIpc) is 2.99. The smallest absolute Gasteiger partial charge is 0.0590 e. The summed E-state index contributed by atoms with van der Waals surface area (Å²) in [4.78, 5) is 2.54. The maximum Gasteiger partial charge on any atom is 0.0590 e. The molecule has 0 radical (unpaired) electrons. The van der Waals surface area contributed by atoms with Gasteiger partial charge in [-0.3, -0.25) is 4.90 Å². The first kappa shape index (κ1) is 12.0. The normalized spacial score (nSPS) is 21.2. The highest BCUT2D eigenvalue weighted by Gasteiger charge is 2.47. The third-order valence-electron chi connectivity index (χ3n) is 3.48. The van der Waals surface area contributed by atoms with Gasteiger partial charge in [-0.25, -0.2) is 0 Å². The SMILES string of the molecule is CCC(C)N(CCOC)C1(CN)CC1. The molecule has 3 nitrogen and oxygen atoms in total. The number of rotatable bonds is 7. The van der Waals surface area contributed by atoms with Gasteiger partial charge in [-0.15, -0.1) is 0 Å². The second-order valence-corrected chi connectivity index (χ2v) is 4.37. The zero-order valence-corrected chi connectivity index (χ0v) is 9.75. The van der Waals surface area contributed by atoms with Gasteiger partial charge in [0.25, 0.3) is 0 Å². The molecule has 0 aromatic rings. The second kappa shape index (κ2) is 5.10. The van der Waals surface area contributed by atoms with Crippen molar-refractivity contribution in [3.8, 4) is 0 Å². The summed E-state index contributed by atoms with van der Waals surface area (Å²) in [6.07, 6.45) is 3.71. The number of hydrogen-bond acceptors (Lipinski definition) is 3. The molecule has 0 amide bonds. The van der Waals surface area contributed by atoms with E-state index in [2.05, 4.69) is 18.7 Å². The molecule has 1 atom stereocenters. The Hall–Kier alpha value is -0.120. The fourth-order valence-corrected chi connectivity index (χ4v) is 2.09. The van der Waals surface area contributed by atoms with Crippen LogP contribution in [0.3, 0.4) is 0 Å². The van der Waals surface area contributed by atoms with E-state index in [4.69, 9.17) is 10.5 Å². The number of ether oxygens (including phenoxy) is 1. The number of nitrogens with two attached hydrogens (primary N) is 1. The van der Waals surface area contributed by atoms with E-state index in [1.165, 1.54) is 19.3 Å². The van der Waals surface area contributed by atoms with Gasteiger partial charge in [-0.05, 0) is 26.2 Å². The van der Waals surface area contributed by atoms with Crippen molar-refractivity contribution >= 4 is 0 Å². The second-order valence-electron chi connectivity index (χ2n) is 4.37. The zero-order chi connectivity index (χ0) is 10.6. The summed E-state index contributed by atoms with van der Waals surface area (Å²) in [7, 11) is 1.76. The Morgan fingerprint density at radius 3 is 2.50 bits per heavy atom. The molecular weight excluding hydrogens is 176 g/mol. The Balaban J connectivity index is 2.52. The third-order valence-corrected chi connectivity index (χ3v) is 3.48. The van der Waals surface area contributed by atoms with Crippen LogP contribution >= 0.6 is 0 Å². The van der Waals surface area contributed by atoms with Crippen molar-refractivity contribution in [2.24, 2.45) is 5.73 Å². The van der Waals surface area contributed by atoms with Crippen LogP contribution in [0.1, 0.15) is 33.1 Å². The summed E-state index contributed by atoms with van der Waals surface area (Å²) in [5.74, 6) is 0. The topological polar surface area (TPSA) is 38.5 Å². The van der Waals surface area contributed by atoms with E-state index in [0.29, 0.717) is 11.6 Å². The Morgan fingerprint density at radius 2 is 2.14 bits per heavy atom. The van der Waals surface area contributed by atoms with Gasteiger partial charge in [0, 0.05) is 31.8 Å². The predicted octanol–water partition coefficient (Wildman–Crippen LogP) is 1.22. The molecule has 0 aliphatic heterocycles. The van der Waals surface area contributed by atoms with E-state index in [1.54, 1.807) is 7.11 Å². The highest BCUT2D eigenvalue weighted by Crippen LogP contribution is 2.42. The summed E-state index contributed by atoms with van der Waals surface area (Å²) >= 11 is 0. The molecular formula is C11H24N2O. The fourth-order valence-electron chi connectivity index (χ4n) is 2.09. The summed E-state index contributed by atoms with van der Waals surface area (Å²) in [6.45, 7) is 7.14. The summed E-state index contributed by atoms with van der Waals surface area (Å²) in [6, 6.07) is 0.621. The average molecular weight is 200 g/mol. The maximum atomic E-state index is 5.85. The van der Waals surface area contributed by atoms with Crippen LogP contribution in [0.5, 0.6) is 0 Å². The van der Waals surface area contributed by atoms with E-state index in [-0.39, 0.29) is 0 Å². The molecule has 0 heterocycles. The summed E-state index contributed by atoms with van der Waals surface area (Å²) in [5.41, 5.74) is 6.16. The zero-order valence-electron chi connectivity index (χ0n) is 9.75. The number of hydrogen-bond donors (Lipinski definition) is 1. The molecule has 0 aromatic carbocycles. The third kappa shape index (κ3) is 2.47. The molecule has 1 fully saturated rings.